The van der Waals surface area contributed by atoms with Crippen molar-refractivity contribution in [3.8, 4) is 11.5 Å². The summed E-state index contributed by atoms with van der Waals surface area (Å²) < 4.78 is -1.48. The lowest BCUT2D eigenvalue weighted by Crippen LogP contribution is -2.67. The number of fused-ring (bicyclic) bond motifs is 14. The van der Waals surface area contributed by atoms with E-state index in [4.69, 9.17) is 183 Å². The number of ether oxygens (including phenoxy) is 2. The first-order valence-electron chi connectivity index (χ1n) is 11.1. The van der Waals surface area contributed by atoms with Gasteiger partial charge in [0.05, 0.1) is 14.2 Å². The SMILES string of the molecule is COc1cc2c(cc1OC)[C@H]1[C@H]([C@H]3[C@@H]2[C@@]2(Cl)C(Cl)(Cl)C(Cl)(Cl)[C@@]3(Cl)C2(Cl)Cl)[C@H]2C(Cl)(Cl)C(Cl)(Cl)[C@]1(Cl)C2(Cl)Cl. The van der Waals surface area contributed by atoms with Gasteiger partial charge in [-0.2, -0.15) is 0 Å². The van der Waals surface area contributed by atoms with Gasteiger partial charge in [-0.15, -0.1) is 34.8 Å². The van der Waals surface area contributed by atoms with Crippen LogP contribution in [0.25, 0.3) is 0 Å². The second-order valence-electron chi connectivity index (χ2n) is 10.6. The van der Waals surface area contributed by atoms with E-state index in [9.17, 15) is 0 Å². The Balaban J connectivity index is 1.79. The molecule has 4 fully saturated rings. The lowest BCUT2D eigenvalue weighted by molar-refractivity contribution is 0.108. The zero-order chi connectivity index (χ0) is 29.5. The van der Waals surface area contributed by atoms with Crippen molar-refractivity contribution in [1.29, 1.82) is 0 Å². The summed E-state index contributed by atoms with van der Waals surface area (Å²) in [5.41, 5.74) is 1.01. The molecule has 0 heterocycles. The Labute approximate surface area is 299 Å². The standard InChI is InChI=1S/C22H13Cl15O2/c1-38-7-3-5-6(4-8(7)39-2)11-12(16(25)19(30,31)15(11,24)21(34,35)22(16,36)37)9-10(5)14(23)17(26,27)13(9)18(28,29)20(14,32)33/h3-4,9-13H,1-2H3/t9-,10+,11-,12+,13-,14-,15+,16+/m1/s1. The molecular formula is C22H13Cl15O2. The maximum Gasteiger partial charge on any atom is 0.175 e. The van der Waals surface area contributed by atoms with Crippen LogP contribution in [-0.2, 0) is 0 Å². The molecule has 0 saturated heterocycles. The van der Waals surface area contributed by atoms with Gasteiger partial charge in [-0.25, -0.2) is 0 Å². The number of rotatable bonds is 2. The molecule has 0 aliphatic heterocycles. The maximum atomic E-state index is 7.41. The Kier molecular flexibility index (Phi) is 7.04. The molecule has 0 unspecified atom stereocenters. The molecular weight excluding hydrogens is 828 g/mol. The average Bonchev–Trinajstić information content (AvgIpc) is 3.17. The van der Waals surface area contributed by atoms with Gasteiger partial charge in [0.1, 0.15) is 19.0 Å². The summed E-state index contributed by atoms with van der Waals surface area (Å²) in [5.74, 6) is -4.15. The highest BCUT2D eigenvalue weighted by atomic mass is 35.6. The molecule has 2 nitrogen and oxygen atoms in total. The van der Waals surface area contributed by atoms with Gasteiger partial charge in [-0.1, -0.05) is 139 Å². The Hall–Kier alpha value is 3.17. The highest BCUT2D eigenvalue weighted by Gasteiger charge is 3.00. The van der Waals surface area contributed by atoms with Crippen LogP contribution < -0.4 is 9.47 Å². The predicted molar refractivity (Wildman–Crippen MR) is 168 cm³/mol. The van der Waals surface area contributed by atoms with Gasteiger partial charge >= 0.3 is 0 Å². The van der Waals surface area contributed by atoms with E-state index in [1.165, 1.54) is 14.2 Å². The maximum absolute atomic E-state index is 7.41. The van der Waals surface area contributed by atoms with Gasteiger partial charge in [-0.3, -0.25) is 0 Å². The van der Waals surface area contributed by atoms with E-state index in [2.05, 4.69) is 0 Å². The zero-order valence-corrected chi connectivity index (χ0v) is 30.4. The first-order valence-corrected chi connectivity index (χ1v) is 16.7. The van der Waals surface area contributed by atoms with Gasteiger partial charge in [0.25, 0.3) is 0 Å². The highest BCUT2D eigenvalue weighted by Crippen LogP contribution is 2.93. The van der Waals surface area contributed by atoms with E-state index >= 15 is 0 Å². The first kappa shape index (κ1) is 32.1. The Morgan fingerprint density at radius 2 is 0.949 bits per heavy atom. The number of benzene rings is 1. The molecule has 0 amide bonds. The molecule has 1 aromatic rings. The average molecular weight is 841 g/mol. The Morgan fingerprint density at radius 1 is 0.513 bits per heavy atom. The van der Waals surface area contributed by atoms with E-state index < -0.39 is 70.2 Å². The van der Waals surface area contributed by atoms with Crippen molar-refractivity contribution in [2.75, 3.05) is 14.2 Å². The third-order valence-electron chi connectivity index (χ3n) is 9.48. The zero-order valence-electron chi connectivity index (χ0n) is 19.0. The predicted octanol–water partition coefficient (Wildman–Crippen LogP) is 10.8. The van der Waals surface area contributed by atoms with Crippen molar-refractivity contribution in [1.82, 2.24) is 0 Å². The summed E-state index contributed by atoms with van der Waals surface area (Å²) in [7, 11) is 2.92. The summed E-state index contributed by atoms with van der Waals surface area (Å²) in [5, 5.41) is 0. The van der Waals surface area contributed by atoms with Crippen LogP contribution in [0.15, 0.2) is 12.1 Å². The normalized spacial score (nSPS) is 47.4. The highest BCUT2D eigenvalue weighted by molar-refractivity contribution is 6.75. The smallest absolute Gasteiger partial charge is 0.175 e. The van der Waals surface area contributed by atoms with Crippen LogP contribution in [0, 0.1) is 17.8 Å². The number of methoxy groups -OCH3 is 2. The van der Waals surface area contributed by atoms with Crippen LogP contribution in [0.4, 0.5) is 0 Å². The number of hydrogen-bond donors (Lipinski definition) is 0. The van der Waals surface area contributed by atoms with Gasteiger partial charge < -0.3 is 9.47 Å². The number of halogens is 15. The van der Waals surface area contributed by atoms with Gasteiger partial charge in [0, 0.05) is 17.8 Å². The summed E-state index contributed by atoms with van der Waals surface area (Å²) in [6, 6.07) is 3.35. The molecule has 0 aromatic heterocycles. The summed E-state index contributed by atoms with van der Waals surface area (Å²) in [4.78, 5) is -5.98. The van der Waals surface area contributed by atoms with Gasteiger partial charge in [0.2, 0.25) is 0 Å². The fourth-order valence-corrected chi connectivity index (χ4v) is 16.3. The minimum absolute atomic E-state index is 0.328. The van der Waals surface area contributed by atoms with Crippen molar-refractivity contribution in [3.05, 3.63) is 23.3 Å². The summed E-state index contributed by atoms with van der Waals surface area (Å²) >= 11 is 106. The van der Waals surface area contributed by atoms with Crippen LogP contribution in [0.2, 0.25) is 0 Å². The second kappa shape index (κ2) is 8.55. The van der Waals surface area contributed by atoms with Crippen molar-refractivity contribution in [3.63, 3.8) is 0 Å². The minimum atomic E-state index is -2.24. The fraction of sp³-hybridized carbons (Fsp3) is 0.727. The summed E-state index contributed by atoms with van der Waals surface area (Å²) in [6.07, 6.45) is 0. The molecule has 5 aliphatic rings. The number of alkyl halides is 15. The first-order chi connectivity index (χ1) is 17.5. The molecule has 0 spiro atoms. The Bertz CT molecular complexity index is 1310. The summed E-state index contributed by atoms with van der Waals surface area (Å²) in [6.45, 7) is 0. The second-order valence-corrected chi connectivity index (χ2v) is 20.4. The van der Waals surface area contributed by atoms with Crippen molar-refractivity contribution < 1.29 is 9.47 Å². The Morgan fingerprint density at radius 3 is 1.41 bits per heavy atom. The van der Waals surface area contributed by atoms with E-state index in [0.717, 1.165) is 0 Å². The molecule has 1 aromatic carbocycles. The van der Waals surface area contributed by atoms with E-state index in [1.807, 2.05) is 0 Å². The molecule has 218 valence electrons. The fourth-order valence-electron chi connectivity index (χ4n) is 8.03. The van der Waals surface area contributed by atoms with Crippen molar-refractivity contribution >= 4 is 174 Å². The minimum Gasteiger partial charge on any atom is -0.493 e. The molecule has 4 bridgehead atoms. The molecule has 4 saturated carbocycles. The van der Waals surface area contributed by atoms with E-state index in [-0.39, 0.29) is 0 Å². The van der Waals surface area contributed by atoms with E-state index in [0.29, 0.717) is 22.6 Å². The lowest BCUT2D eigenvalue weighted by atomic mass is 9.54. The van der Waals surface area contributed by atoms with Gasteiger partial charge in [-0.05, 0) is 35.1 Å². The largest absolute Gasteiger partial charge is 0.493 e. The van der Waals surface area contributed by atoms with Crippen LogP contribution in [-0.4, -0.2) is 54.8 Å². The monoisotopic (exact) mass is 834 g/mol. The third kappa shape index (κ3) is 2.84. The van der Waals surface area contributed by atoms with Crippen LogP contribution >= 0.6 is 174 Å². The molecule has 8 atom stereocenters. The van der Waals surface area contributed by atoms with E-state index in [1.54, 1.807) is 12.1 Å². The molecule has 0 radical (unpaired) electrons. The van der Waals surface area contributed by atoms with Crippen LogP contribution in [0.3, 0.4) is 0 Å². The molecule has 6 rings (SSSR count). The van der Waals surface area contributed by atoms with Crippen molar-refractivity contribution in [2.45, 2.75) is 52.5 Å². The van der Waals surface area contributed by atoms with Gasteiger partial charge in [0.15, 0.2) is 33.2 Å². The third-order valence-corrected chi connectivity index (χ3v) is 20.7. The number of hydrogen-bond acceptors (Lipinski definition) is 2. The van der Waals surface area contributed by atoms with Crippen LogP contribution in [0.5, 0.6) is 11.5 Å². The lowest BCUT2D eigenvalue weighted by Gasteiger charge is -2.60. The van der Waals surface area contributed by atoms with Crippen molar-refractivity contribution in [2.24, 2.45) is 17.8 Å². The van der Waals surface area contributed by atoms with Crippen LogP contribution in [0.1, 0.15) is 23.0 Å². The molecule has 5 aliphatic carbocycles. The topological polar surface area (TPSA) is 18.5 Å². The molecule has 39 heavy (non-hydrogen) atoms. The molecule has 17 heteroatoms. The molecule has 0 N–H and O–H groups in total. The quantitative estimate of drug-likeness (QED) is 0.276.